The van der Waals surface area contributed by atoms with E-state index in [0.29, 0.717) is 51.2 Å². The summed E-state index contributed by atoms with van der Waals surface area (Å²) in [6.45, 7) is 1.41. The molecule has 44 heavy (non-hydrogen) atoms. The Morgan fingerprint density at radius 1 is 0.773 bits per heavy atom. The minimum Gasteiger partial charge on any atom is -0.340 e. The van der Waals surface area contributed by atoms with Crippen LogP contribution in [0.1, 0.15) is 33.4 Å². The lowest BCUT2D eigenvalue weighted by molar-refractivity contribution is -0.145. The maximum absolute atomic E-state index is 14.2. The maximum Gasteiger partial charge on any atom is 0.416 e. The molecule has 1 amide bonds. The van der Waals surface area contributed by atoms with Crippen molar-refractivity contribution in [2.45, 2.75) is 43.8 Å². The Bertz CT molecular complexity index is 1480. The Morgan fingerprint density at radius 2 is 1.25 bits per heavy atom. The fourth-order valence-electron chi connectivity index (χ4n) is 6.21. The monoisotopic (exact) mass is 647 g/mol. The summed E-state index contributed by atoms with van der Waals surface area (Å²) >= 11 is 0. The molecule has 5 rings (SSSR count). The van der Waals surface area contributed by atoms with Crippen LogP contribution in [-0.4, -0.2) is 59.4 Å². The first-order valence-corrected chi connectivity index (χ1v) is 13.7. The predicted octanol–water partition coefficient (Wildman–Crippen LogP) is 6.74. The molecule has 1 aliphatic carbocycles. The predicted molar refractivity (Wildman–Crippen MR) is 150 cm³/mol. The number of fused-ring (bicyclic) bond motifs is 1. The van der Waals surface area contributed by atoms with Crippen LogP contribution in [0.2, 0.25) is 0 Å². The van der Waals surface area contributed by atoms with E-state index in [2.05, 4.69) is 0 Å². The number of carbonyl (C=O) groups is 1. The van der Waals surface area contributed by atoms with Crippen LogP contribution in [-0.2, 0) is 43.1 Å². The topological polar surface area (TPSA) is 26.8 Å². The second kappa shape index (κ2) is 12.6. The van der Waals surface area contributed by atoms with Crippen LogP contribution >= 0.6 is 12.4 Å². The zero-order valence-electron chi connectivity index (χ0n) is 23.6. The third kappa shape index (κ3) is 7.18. The molecule has 0 bridgehead atoms. The van der Waals surface area contributed by atoms with Gasteiger partial charge in [-0.1, -0.05) is 24.3 Å². The first-order chi connectivity index (χ1) is 20.1. The zero-order chi connectivity index (χ0) is 31.2. The van der Waals surface area contributed by atoms with E-state index in [9.17, 15) is 39.9 Å². The molecule has 1 heterocycles. The molecule has 13 heteroatoms. The van der Waals surface area contributed by atoms with Crippen molar-refractivity contribution >= 4 is 18.3 Å². The van der Waals surface area contributed by atoms with Crippen LogP contribution in [0.4, 0.5) is 35.1 Å². The summed E-state index contributed by atoms with van der Waals surface area (Å²) in [7, 11) is 1.48. The normalized spacial score (nSPS) is 17.2. The van der Waals surface area contributed by atoms with Gasteiger partial charge in [-0.3, -0.25) is 14.6 Å². The first-order valence-electron chi connectivity index (χ1n) is 13.7. The molecule has 238 valence electrons. The van der Waals surface area contributed by atoms with Crippen LogP contribution in [0.15, 0.2) is 60.7 Å². The number of hydrogen-bond acceptors (Lipinski definition) is 3. The summed E-state index contributed by atoms with van der Waals surface area (Å²) in [5.41, 5.74) is -1.11. The number of carbonyl (C=O) groups excluding carboxylic acids is 1. The molecule has 3 aromatic rings. The molecule has 0 N–H and O–H groups in total. The van der Waals surface area contributed by atoms with E-state index >= 15 is 0 Å². The highest BCUT2D eigenvalue weighted by Gasteiger charge is 2.50. The van der Waals surface area contributed by atoms with Gasteiger partial charge in [0.2, 0.25) is 5.91 Å². The number of nitrogens with zero attached hydrogens (tertiary/aromatic N) is 3. The van der Waals surface area contributed by atoms with Crippen molar-refractivity contribution in [1.29, 1.82) is 0 Å². The average molecular weight is 648 g/mol. The van der Waals surface area contributed by atoms with E-state index in [1.807, 2.05) is 34.1 Å². The Labute approximate surface area is 255 Å². The first kappa shape index (κ1) is 33.7. The van der Waals surface area contributed by atoms with E-state index in [1.165, 1.54) is 11.9 Å². The quantitative estimate of drug-likeness (QED) is 0.278. The molecule has 3 aromatic carbocycles. The summed E-state index contributed by atoms with van der Waals surface area (Å²) in [6.07, 6.45) is -8.69. The summed E-state index contributed by atoms with van der Waals surface area (Å²) in [6, 6.07) is 12.2. The van der Waals surface area contributed by atoms with Crippen LogP contribution in [0.25, 0.3) is 0 Å². The lowest BCUT2D eigenvalue weighted by atomic mass is 9.90. The number of amides is 1. The van der Waals surface area contributed by atoms with Crippen molar-refractivity contribution in [3.63, 3.8) is 0 Å². The van der Waals surface area contributed by atoms with Gasteiger partial charge in [0, 0.05) is 59.2 Å². The van der Waals surface area contributed by atoms with E-state index in [1.54, 1.807) is 0 Å². The second-order valence-electron chi connectivity index (χ2n) is 11.3. The smallest absolute Gasteiger partial charge is 0.340 e. The summed E-state index contributed by atoms with van der Waals surface area (Å²) < 4.78 is 107. The molecule has 0 radical (unpaired) electrons. The van der Waals surface area contributed by atoms with Gasteiger partial charge in [0.05, 0.1) is 11.1 Å². The number of rotatable bonds is 6. The second-order valence-corrected chi connectivity index (χ2v) is 11.3. The van der Waals surface area contributed by atoms with E-state index in [-0.39, 0.29) is 42.5 Å². The largest absolute Gasteiger partial charge is 0.416 e. The minimum atomic E-state index is -4.74. The van der Waals surface area contributed by atoms with Crippen LogP contribution in [0.3, 0.4) is 0 Å². The Hall–Kier alpha value is -3.22. The van der Waals surface area contributed by atoms with Crippen LogP contribution in [0.5, 0.6) is 0 Å². The number of alkyl halides is 6. The molecule has 2 aliphatic rings. The van der Waals surface area contributed by atoms with Gasteiger partial charge in [0.25, 0.3) is 0 Å². The van der Waals surface area contributed by atoms with Crippen LogP contribution < -0.4 is 0 Å². The van der Waals surface area contributed by atoms with Crippen molar-refractivity contribution < 1.29 is 39.9 Å². The van der Waals surface area contributed by atoms with Gasteiger partial charge in [-0.2, -0.15) is 26.3 Å². The van der Waals surface area contributed by atoms with Gasteiger partial charge >= 0.3 is 12.4 Å². The molecule has 0 spiro atoms. The Morgan fingerprint density at radius 3 is 1.75 bits per heavy atom. The molecule has 0 atom stereocenters. The van der Waals surface area contributed by atoms with Crippen molar-refractivity contribution in [3.05, 3.63) is 106 Å². The average Bonchev–Trinajstić information content (AvgIpc) is 3.32. The van der Waals surface area contributed by atoms with Crippen molar-refractivity contribution in [1.82, 2.24) is 14.7 Å². The Balaban J connectivity index is 0.00000442. The molecule has 1 fully saturated rings. The van der Waals surface area contributed by atoms with Gasteiger partial charge in [0.1, 0.15) is 17.2 Å². The highest BCUT2D eigenvalue weighted by Crippen LogP contribution is 2.38. The lowest BCUT2D eigenvalue weighted by Gasteiger charge is -2.46. The van der Waals surface area contributed by atoms with Gasteiger partial charge < -0.3 is 4.90 Å². The molecule has 0 aromatic heterocycles. The fraction of sp³-hybridized carbons (Fsp3) is 0.387. The van der Waals surface area contributed by atoms with Gasteiger partial charge in [-0.25, -0.2) is 8.78 Å². The van der Waals surface area contributed by atoms with Gasteiger partial charge in [-0.15, -0.1) is 12.4 Å². The molecular weight excluding hydrogens is 618 g/mol. The minimum absolute atomic E-state index is 0. The number of halogens is 9. The zero-order valence-corrected chi connectivity index (χ0v) is 24.4. The molecule has 0 saturated carbocycles. The molecule has 1 saturated heterocycles. The van der Waals surface area contributed by atoms with Crippen LogP contribution in [0, 0.1) is 11.6 Å². The summed E-state index contributed by atoms with van der Waals surface area (Å²) in [4.78, 5) is 19.4. The highest BCUT2D eigenvalue weighted by molar-refractivity contribution is 5.88. The van der Waals surface area contributed by atoms with E-state index in [4.69, 9.17) is 0 Å². The molecule has 4 nitrogen and oxygen atoms in total. The number of piperazine rings is 1. The standard InChI is InChI=1S/C31H29F8N3O.ClH/c1-40(18-20-10-24(30(34,35)36)14-26(32)12-20)28(43)29(16-22-4-2-3-5-23(22)17-29)42-8-6-41(7-9-42)19-21-11-25(31(37,38)39)15-27(33)13-21;/h2-5,10-15H,6-9,16-19H2,1H3;1H. The molecule has 0 unspecified atom stereocenters. The third-order valence-electron chi connectivity index (χ3n) is 8.20. The number of likely N-dealkylation sites (N-methyl/N-ethyl adjacent to an activating group) is 1. The number of benzene rings is 3. The van der Waals surface area contributed by atoms with Crippen molar-refractivity contribution in [2.75, 3.05) is 33.2 Å². The molecular formula is C31H30ClF8N3O. The fourth-order valence-corrected chi connectivity index (χ4v) is 6.21. The van der Waals surface area contributed by atoms with Gasteiger partial charge in [-0.05, 0) is 58.7 Å². The lowest BCUT2D eigenvalue weighted by Crippen LogP contribution is -2.64. The highest BCUT2D eigenvalue weighted by atomic mass is 35.5. The van der Waals surface area contributed by atoms with E-state index < -0.39 is 40.7 Å². The van der Waals surface area contributed by atoms with Gasteiger partial charge in [0.15, 0.2) is 0 Å². The molecule has 1 aliphatic heterocycles. The Kier molecular flexibility index (Phi) is 9.68. The van der Waals surface area contributed by atoms with E-state index in [0.717, 1.165) is 35.4 Å². The van der Waals surface area contributed by atoms with Crippen molar-refractivity contribution in [2.24, 2.45) is 0 Å². The third-order valence-corrected chi connectivity index (χ3v) is 8.20. The number of hydrogen-bond donors (Lipinski definition) is 0. The summed E-state index contributed by atoms with van der Waals surface area (Å²) in [5, 5.41) is 0. The SMILES string of the molecule is CN(Cc1cc(F)cc(C(F)(F)F)c1)C(=O)C1(N2CCN(Cc3cc(F)cc(C(F)(F)F)c3)CC2)Cc2ccccc2C1.Cl. The van der Waals surface area contributed by atoms with Crippen molar-refractivity contribution in [3.8, 4) is 0 Å². The summed E-state index contributed by atoms with van der Waals surface area (Å²) in [5.74, 6) is -2.35. The maximum atomic E-state index is 14.2.